The van der Waals surface area contributed by atoms with Crippen molar-refractivity contribution in [3.8, 4) is 5.75 Å². The number of hydrogen-bond acceptors (Lipinski definition) is 5. The number of anilines is 1. The largest absolute Gasteiger partial charge is 0.493 e. The molecule has 1 amide bonds. The third-order valence-corrected chi connectivity index (χ3v) is 5.86. The first-order chi connectivity index (χ1) is 13.8. The predicted molar refractivity (Wildman–Crippen MR) is 113 cm³/mol. The summed E-state index contributed by atoms with van der Waals surface area (Å²) in [6, 6.07) is 12.1. The van der Waals surface area contributed by atoms with Crippen LogP contribution in [0.2, 0.25) is 0 Å². The second-order valence-corrected chi connectivity index (χ2v) is 8.66. The van der Waals surface area contributed by atoms with E-state index < -0.39 is 10.0 Å². The van der Waals surface area contributed by atoms with Crippen LogP contribution in [0.1, 0.15) is 30.4 Å². The number of nitrogens with zero attached hydrogens (tertiary/aromatic N) is 1. The van der Waals surface area contributed by atoms with Crippen LogP contribution in [-0.2, 0) is 14.8 Å². The van der Waals surface area contributed by atoms with Crippen molar-refractivity contribution in [1.29, 1.82) is 0 Å². The minimum absolute atomic E-state index is 0.0801. The van der Waals surface area contributed by atoms with E-state index in [9.17, 15) is 13.2 Å². The van der Waals surface area contributed by atoms with Gasteiger partial charge in [-0.25, -0.2) is 8.42 Å². The lowest BCUT2D eigenvalue weighted by Crippen LogP contribution is -2.29. The number of carbonyl (C=O) groups excluding carboxylic acids is 1. The molecule has 0 spiro atoms. The Morgan fingerprint density at radius 3 is 2.76 bits per heavy atom. The topological polar surface area (TPSA) is 96.9 Å². The zero-order valence-corrected chi connectivity index (χ0v) is 17.4. The Morgan fingerprint density at radius 2 is 2.00 bits per heavy atom. The Bertz CT molecular complexity index is 1030. The number of nitrogens with one attached hydrogen (secondary N) is 2. The number of benzene rings is 2. The monoisotopic (exact) mass is 415 g/mol. The molecule has 2 aromatic carbocycles. The van der Waals surface area contributed by atoms with Gasteiger partial charge < -0.3 is 10.1 Å². The average Bonchev–Trinajstić information content (AvgIpc) is 3.17. The SMILES string of the molecule is Cc1ccc(C)c(OCCC(=O)Nc2cccc(S(=O)(=O)NC3=NCCC3)c2)c1. The maximum absolute atomic E-state index is 12.5. The average molecular weight is 416 g/mol. The summed E-state index contributed by atoms with van der Waals surface area (Å²) in [5, 5.41) is 2.72. The minimum Gasteiger partial charge on any atom is -0.493 e. The first kappa shape index (κ1) is 20.9. The molecular weight excluding hydrogens is 390 g/mol. The highest BCUT2D eigenvalue weighted by Gasteiger charge is 2.18. The smallest absolute Gasteiger partial charge is 0.262 e. The molecule has 8 heteroatoms. The van der Waals surface area contributed by atoms with Gasteiger partial charge in [0.2, 0.25) is 5.91 Å². The molecule has 0 saturated heterocycles. The summed E-state index contributed by atoms with van der Waals surface area (Å²) < 4.78 is 33.2. The van der Waals surface area contributed by atoms with Gasteiger partial charge in [0.15, 0.2) is 0 Å². The summed E-state index contributed by atoms with van der Waals surface area (Å²) in [7, 11) is -3.72. The normalized spacial score (nSPS) is 13.7. The fourth-order valence-electron chi connectivity index (χ4n) is 2.92. The molecule has 2 N–H and O–H groups in total. The Labute approximate surface area is 171 Å². The van der Waals surface area contributed by atoms with Crippen molar-refractivity contribution in [2.75, 3.05) is 18.5 Å². The molecule has 7 nitrogen and oxygen atoms in total. The standard InChI is InChI=1S/C21H25N3O4S/c1-15-8-9-16(2)19(13-15)28-12-10-21(25)23-17-5-3-6-18(14-17)29(26,27)24-20-7-4-11-22-20/h3,5-6,8-9,13-14H,4,7,10-12H2,1-2H3,(H,22,24)(H,23,25). The molecule has 0 aromatic heterocycles. The fraction of sp³-hybridized carbons (Fsp3) is 0.333. The van der Waals surface area contributed by atoms with Gasteiger partial charge in [0, 0.05) is 18.7 Å². The van der Waals surface area contributed by atoms with E-state index in [1.165, 1.54) is 12.1 Å². The number of sulfonamides is 1. The first-order valence-corrected chi connectivity index (χ1v) is 11.0. The maximum atomic E-state index is 12.5. The van der Waals surface area contributed by atoms with Gasteiger partial charge in [-0.05, 0) is 55.7 Å². The highest BCUT2D eigenvalue weighted by molar-refractivity contribution is 7.90. The molecule has 1 aliphatic rings. The van der Waals surface area contributed by atoms with Crippen LogP contribution >= 0.6 is 0 Å². The van der Waals surface area contributed by atoms with Crippen LogP contribution in [0.3, 0.4) is 0 Å². The number of carbonyl (C=O) groups is 1. The van der Waals surface area contributed by atoms with Crippen LogP contribution in [0.4, 0.5) is 5.69 Å². The third-order valence-electron chi connectivity index (χ3n) is 4.48. The molecule has 1 heterocycles. The number of rotatable bonds is 7. The fourth-order valence-corrected chi connectivity index (χ4v) is 4.05. The Balaban J connectivity index is 1.56. The lowest BCUT2D eigenvalue weighted by Gasteiger charge is -2.11. The molecule has 0 aliphatic carbocycles. The first-order valence-electron chi connectivity index (χ1n) is 9.49. The molecular formula is C21H25N3O4S. The van der Waals surface area contributed by atoms with E-state index in [4.69, 9.17) is 4.74 Å². The summed E-state index contributed by atoms with van der Waals surface area (Å²) in [5.41, 5.74) is 2.51. The van der Waals surface area contributed by atoms with Crippen LogP contribution < -0.4 is 14.8 Å². The van der Waals surface area contributed by atoms with Crippen molar-refractivity contribution in [3.05, 3.63) is 53.6 Å². The lowest BCUT2D eigenvalue weighted by molar-refractivity contribution is -0.116. The molecule has 154 valence electrons. The van der Waals surface area contributed by atoms with E-state index in [1.807, 2.05) is 32.0 Å². The Morgan fingerprint density at radius 1 is 1.17 bits per heavy atom. The number of ether oxygens (including phenoxy) is 1. The van der Waals surface area contributed by atoms with Crippen LogP contribution in [0.25, 0.3) is 0 Å². The van der Waals surface area contributed by atoms with Gasteiger partial charge in [-0.3, -0.25) is 14.5 Å². The van der Waals surface area contributed by atoms with Crippen molar-refractivity contribution in [2.24, 2.45) is 4.99 Å². The van der Waals surface area contributed by atoms with Crippen molar-refractivity contribution in [1.82, 2.24) is 4.72 Å². The molecule has 1 aliphatic heterocycles. The summed E-state index contributed by atoms with van der Waals surface area (Å²) in [6.45, 7) is 4.80. The summed E-state index contributed by atoms with van der Waals surface area (Å²) >= 11 is 0. The Hall–Kier alpha value is -2.87. The number of hydrogen-bond donors (Lipinski definition) is 2. The van der Waals surface area contributed by atoms with Crippen molar-refractivity contribution in [3.63, 3.8) is 0 Å². The van der Waals surface area contributed by atoms with E-state index in [2.05, 4.69) is 15.0 Å². The molecule has 0 atom stereocenters. The van der Waals surface area contributed by atoms with E-state index in [0.717, 1.165) is 23.3 Å². The molecule has 2 aromatic rings. The van der Waals surface area contributed by atoms with E-state index in [1.54, 1.807) is 12.1 Å². The van der Waals surface area contributed by atoms with E-state index in [-0.39, 0.29) is 23.8 Å². The van der Waals surface area contributed by atoms with Crippen LogP contribution in [-0.4, -0.2) is 33.3 Å². The predicted octanol–water partition coefficient (Wildman–Crippen LogP) is 3.18. The van der Waals surface area contributed by atoms with Gasteiger partial charge in [-0.2, -0.15) is 0 Å². The third kappa shape index (κ3) is 5.80. The van der Waals surface area contributed by atoms with Crippen molar-refractivity contribution >= 4 is 27.5 Å². The number of aliphatic imine (C=N–C) groups is 1. The number of amidine groups is 1. The van der Waals surface area contributed by atoms with Crippen molar-refractivity contribution < 1.29 is 17.9 Å². The van der Waals surface area contributed by atoms with Crippen LogP contribution in [0.15, 0.2) is 52.4 Å². The van der Waals surface area contributed by atoms with Gasteiger partial charge in [-0.15, -0.1) is 0 Å². The van der Waals surface area contributed by atoms with Gasteiger partial charge >= 0.3 is 0 Å². The van der Waals surface area contributed by atoms with Gasteiger partial charge in [0.1, 0.15) is 11.6 Å². The molecule has 0 bridgehead atoms. The zero-order chi connectivity index (χ0) is 20.9. The van der Waals surface area contributed by atoms with Gasteiger partial charge in [0.05, 0.1) is 17.9 Å². The second-order valence-electron chi connectivity index (χ2n) is 6.98. The van der Waals surface area contributed by atoms with Crippen molar-refractivity contribution in [2.45, 2.75) is 38.0 Å². The second kappa shape index (κ2) is 9.09. The number of aryl methyl sites for hydroxylation is 2. The molecule has 0 saturated carbocycles. The summed E-state index contributed by atoms with van der Waals surface area (Å²) in [5.74, 6) is 0.979. The lowest BCUT2D eigenvalue weighted by atomic mass is 10.1. The summed E-state index contributed by atoms with van der Waals surface area (Å²) in [4.78, 5) is 16.4. The van der Waals surface area contributed by atoms with Crippen LogP contribution in [0, 0.1) is 13.8 Å². The summed E-state index contributed by atoms with van der Waals surface area (Å²) in [6.07, 6.45) is 1.62. The van der Waals surface area contributed by atoms with Crippen LogP contribution in [0.5, 0.6) is 5.75 Å². The molecule has 0 unspecified atom stereocenters. The minimum atomic E-state index is -3.72. The quantitative estimate of drug-likeness (QED) is 0.726. The van der Waals surface area contributed by atoms with E-state index in [0.29, 0.717) is 24.5 Å². The van der Waals surface area contributed by atoms with Gasteiger partial charge in [-0.1, -0.05) is 18.2 Å². The molecule has 3 rings (SSSR count). The zero-order valence-electron chi connectivity index (χ0n) is 16.6. The molecule has 29 heavy (non-hydrogen) atoms. The van der Waals surface area contributed by atoms with E-state index >= 15 is 0 Å². The molecule has 0 radical (unpaired) electrons. The maximum Gasteiger partial charge on any atom is 0.262 e. The highest BCUT2D eigenvalue weighted by atomic mass is 32.2. The number of amides is 1. The Kier molecular flexibility index (Phi) is 6.53. The van der Waals surface area contributed by atoms with Gasteiger partial charge in [0.25, 0.3) is 10.0 Å². The highest BCUT2D eigenvalue weighted by Crippen LogP contribution is 2.20. The molecule has 0 fully saturated rings.